The molecule has 1 heterocycles. The predicted octanol–water partition coefficient (Wildman–Crippen LogP) is 3.73. The van der Waals surface area contributed by atoms with Crippen molar-refractivity contribution in [2.45, 2.75) is 38.2 Å². The first-order valence-electron chi connectivity index (χ1n) is 7.41. The lowest BCUT2D eigenvalue weighted by atomic mass is 9.98. The third-order valence-electron chi connectivity index (χ3n) is 3.98. The average molecular weight is 285 g/mol. The van der Waals surface area contributed by atoms with Crippen molar-refractivity contribution in [3.8, 4) is 5.88 Å². The van der Waals surface area contributed by atoms with Gasteiger partial charge >= 0.3 is 5.97 Å². The van der Waals surface area contributed by atoms with Gasteiger partial charge in [0.1, 0.15) is 6.10 Å². The predicted molar refractivity (Wildman–Crippen MR) is 80.6 cm³/mol. The van der Waals surface area contributed by atoms with Crippen molar-refractivity contribution in [1.29, 1.82) is 0 Å². The maximum absolute atomic E-state index is 11.6. The molecule has 0 bridgehead atoms. The molecule has 0 atom stereocenters. The van der Waals surface area contributed by atoms with Crippen molar-refractivity contribution in [3.63, 3.8) is 0 Å². The van der Waals surface area contributed by atoms with E-state index >= 15 is 0 Å². The highest BCUT2D eigenvalue weighted by Crippen LogP contribution is 2.28. The molecule has 1 aromatic heterocycles. The van der Waals surface area contributed by atoms with Crippen LogP contribution in [0.2, 0.25) is 0 Å². The molecule has 21 heavy (non-hydrogen) atoms. The highest BCUT2D eigenvalue weighted by Gasteiger charge is 2.17. The van der Waals surface area contributed by atoms with Gasteiger partial charge in [-0.05, 0) is 55.3 Å². The molecular formula is C17H19NO3. The number of aromatic nitrogens is 1. The smallest absolute Gasteiger partial charge is 0.337 e. The van der Waals surface area contributed by atoms with E-state index in [1.54, 1.807) is 12.3 Å². The van der Waals surface area contributed by atoms with E-state index in [1.807, 2.05) is 18.2 Å². The van der Waals surface area contributed by atoms with E-state index in [9.17, 15) is 4.79 Å². The monoisotopic (exact) mass is 285 g/mol. The molecule has 110 valence electrons. The summed E-state index contributed by atoms with van der Waals surface area (Å²) in [5.41, 5.74) is 0.541. The zero-order valence-corrected chi connectivity index (χ0v) is 12.2. The van der Waals surface area contributed by atoms with E-state index in [1.165, 1.54) is 26.4 Å². The molecule has 0 saturated heterocycles. The van der Waals surface area contributed by atoms with Crippen molar-refractivity contribution in [2.75, 3.05) is 7.11 Å². The Morgan fingerprint density at radius 2 is 2.00 bits per heavy atom. The van der Waals surface area contributed by atoms with Crippen LogP contribution in [0.25, 0.3) is 10.8 Å². The molecule has 1 aliphatic rings. The molecule has 4 heteroatoms. The van der Waals surface area contributed by atoms with Crippen molar-refractivity contribution < 1.29 is 14.3 Å². The Morgan fingerprint density at radius 3 is 2.76 bits per heavy atom. The van der Waals surface area contributed by atoms with Crippen LogP contribution in [0.1, 0.15) is 42.5 Å². The summed E-state index contributed by atoms with van der Waals surface area (Å²) in [6, 6.07) is 7.34. The second kappa shape index (κ2) is 6.12. The fraction of sp³-hybridized carbons (Fsp3) is 0.412. The normalized spacial score (nSPS) is 15.9. The second-order valence-corrected chi connectivity index (χ2v) is 5.42. The van der Waals surface area contributed by atoms with Crippen LogP contribution in [-0.2, 0) is 4.74 Å². The SMILES string of the molecule is COC(=O)c1ccc2c(OC3CCCCC3)nccc2c1. The van der Waals surface area contributed by atoms with Gasteiger partial charge in [0.2, 0.25) is 5.88 Å². The molecule has 0 unspecified atom stereocenters. The van der Waals surface area contributed by atoms with Crippen LogP contribution in [0.5, 0.6) is 5.88 Å². The summed E-state index contributed by atoms with van der Waals surface area (Å²) in [5, 5.41) is 1.88. The first-order valence-corrected chi connectivity index (χ1v) is 7.41. The third kappa shape index (κ3) is 2.99. The van der Waals surface area contributed by atoms with E-state index in [-0.39, 0.29) is 12.1 Å². The van der Waals surface area contributed by atoms with Gasteiger partial charge in [-0.15, -0.1) is 0 Å². The first-order chi connectivity index (χ1) is 10.3. The van der Waals surface area contributed by atoms with Crippen molar-refractivity contribution in [2.24, 2.45) is 0 Å². The van der Waals surface area contributed by atoms with Crippen molar-refractivity contribution in [1.82, 2.24) is 4.98 Å². The van der Waals surface area contributed by atoms with Gasteiger partial charge in [0.05, 0.1) is 12.7 Å². The van der Waals surface area contributed by atoms with Gasteiger partial charge in [0.15, 0.2) is 0 Å². The summed E-state index contributed by atoms with van der Waals surface area (Å²) >= 11 is 0. The molecule has 0 N–H and O–H groups in total. The summed E-state index contributed by atoms with van der Waals surface area (Å²) in [6.45, 7) is 0. The Morgan fingerprint density at radius 1 is 1.19 bits per heavy atom. The maximum Gasteiger partial charge on any atom is 0.337 e. The molecule has 1 saturated carbocycles. The molecule has 0 radical (unpaired) electrons. The number of ether oxygens (including phenoxy) is 2. The van der Waals surface area contributed by atoms with Crippen LogP contribution >= 0.6 is 0 Å². The van der Waals surface area contributed by atoms with Gasteiger partial charge in [0.25, 0.3) is 0 Å². The third-order valence-corrected chi connectivity index (χ3v) is 3.98. The molecule has 0 aliphatic heterocycles. The lowest BCUT2D eigenvalue weighted by Gasteiger charge is -2.23. The Hall–Kier alpha value is -2.10. The van der Waals surface area contributed by atoms with Crippen molar-refractivity contribution >= 4 is 16.7 Å². The van der Waals surface area contributed by atoms with E-state index in [4.69, 9.17) is 9.47 Å². The number of carbonyl (C=O) groups is 1. The summed E-state index contributed by atoms with van der Waals surface area (Å²) in [6.07, 6.45) is 7.92. The quantitative estimate of drug-likeness (QED) is 0.806. The molecule has 2 aromatic rings. The maximum atomic E-state index is 11.6. The summed E-state index contributed by atoms with van der Waals surface area (Å²) in [4.78, 5) is 15.9. The molecule has 1 aliphatic carbocycles. The zero-order valence-electron chi connectivity index (χ0n) is 12.2. The van der Waals surface area contributed by atoms with E-state index < -0.39 is 0 Å². The molecule has 4 nitrogen and oxygen atoms in total. The molecule has 1 aromatic carbocycles. The Bertz CT molecular complexity index is 648. The molecule has 3 rings (SSSR count). The van der Waals surface area contributed by atoms with E-state index in [2.05, 4.69) is 4.98 Å². The minimum atomic E-state index is -0.330. The summed E-state index contributed by atoms with van der Waals surface area (Å²) in [5.74, 6) is 0.333. The fourth-order valence-electron chi connectivity index (χ4n) is 2.83. The Kier molecular flexibility index (Phi) is 4.04. The summed E-state index contributed by atoms with van der Waals surface area (Å²) in [7, 11) is 1.39. The van der Waals surface area contributed by atoms with Gasteiger partial charge in [0, 0.05) is 11.6 Å². The number of nitrogens with zero attached hydrogens (tertiary/aromatic N) is 1. The van der Waals surface area contributed by atoms with Gasteiger partial charge in [-0.25, -0.2) is 9.78 Å². The minimum Gasteiger partial charge on any atom is -0.474 e. The number of pyridine rings is 1. The number of hydrogen-bond acceptors (Lipinski definition) is 4. The van der Waals surface area contributed by atoms with Gasteiger partial charge < -0.3 is 9.47 Å². The largest absolute Gasteiger partial charge is 0.474 e. The van der Waals surface area contributed by atoms with E-state index in [0.29, 0.717) is 11.4 Å². The standard InChI is InChI=1S/C17H19NO3/c1-20-17(19)13-7-8-15-12(11-13)9-10-18-16(15)21-14-5-3-2-4-6-14/h7-11,14H,2-6H2,1H3. The lowest BCUT2D eigenvalue weighted by molar-refractivity contribution is 0.0601. The Labute approximate surface area is 124 Å². The lowest BCUT2D eigenvalue weighted by Crippen LogP contribution is -2.20. The van der Waals surface area contributed by atoms with Crippen molar-refractivity contribution in [3.05, 3.63) is 36.0 Å². The molecule has 1 fully saturated rings. The van der Waals surface area contributed by atoms with Crippen LogP contribution in [0.4, 0.5) is 0 Å². The second-order valence-electron chi connectivity index (χ2n) is 5.42. The molecule has 0 amide bonds. The van der Waals surface area contributed by atoms with Crippen LogP contribution in [0.15, 0.2) is 30.5 Å². The minimum absolute atomic E-state index is 0.261. The highest BCUT2D eigenvalue weighted by atomic mass is 16.5. The highest BCUT2D eigenvalue weighted by molar-refractivity contribution is 5.96. The number of carbonyl (C=O) groups excluding carboxylic acids is 1. The molecule has 0 spiro atoms. The first kappa shape index (κ1) is 13.9. The van der Waals surface area contributed by atoms with Crippen LogP contribution in [-0.4, -0.2) is 24.2 Å². The average Bonchev–Trinajstić information content (AvgIpc) is 2.55. The number of rotatable bonds is 3. The molecular weight excluding hydrogens is 266 g/mol. The topological polar surface area (TPSA) is 48.4 Å². The van der Waals surface area contributed by atoms with Gasteiger partial charge in [-0.1, -0.05) is 6.42 Å². The van der Waals surface area contributed by atoms with E-state index in [0.717, 1.165) is 23.6 Å². The fourth-order valence-corrected chi connectivity index (χ4v) is 2.83. The zero-order chi connectivity index (χ0) is 14.7. The number of hydrogen-bond donors (Lipinski definition) is 0. The number of fused-ring (bicyclic) bond motifs is 1. The van der Waals surface area contributed by atoms with Gasteiger partial charge in [-0.3, -0.25) is 0 Å². The number of esters is 1. The van der Waals surface area contributed by atoms with Gasteiger partial charge in [-0.2, -0.15) is 0 Å². The summed E-state index contributed by atoms with van der Waals surface area (Å²) < 4.78 is 10.8. The number of benzene rings is 1. The van der Waals surface area contributed by atoms with Crippen LogP contribution in [0, 0.1) is 0 Å². The number of methoxy groups -OCH3 is 1. The van der Waals surface area contributed by atoms with Crippen LogP contribution < -0.4 is 4.74 Å². The Balaban J connectivity index is 1.90. The van der Waals surface area contributed by atoms with Crippen LogP contribution in [0.3, 0.4) is 0 Å².